The van der Waals surface area contributed by atoms with E-state index in [-0.39, 0.29) is 35.6 Å². The minimum absolute atomic E-state index is 0. The van der Waals surface area contributed by atoms with E-state index in [0.29, 0.717) is 31.8 Å². The van der Waals surface area contributed by atoms with Crippen molar-refractivity contribution in [3.63, 3.8) is 0 Å². The highest BCUT2D eigenvalue weighted by Gasteiger charge is 2.21. The summed E-state index contributed by atoms with van der Waals surface area (Å²) in [5.74, 6) is -0.238. The largest absolute Gasteiger partial charge is 0.505 e. The number of rotatable bonds is 8. The van der Waals surface area contributed by atoms with Gasteiger partial charge >= 0.3 is 0 Å². The van der Waals surface area contributed by atoms with Crippen LogP contribution in [0.3, 0.4) is 0 Å². The Balaban J connectivity index is 0.00000420. The summed E-state index contributed by atoms with van der Waals surface area (Å²) in [6, 6.07) is 4.29. The minimum atomic E-state index is -0.643. The number of hydrogen-bond donors (Lipinski definition) is 3. The van der Waals surface area contributed by atoms with Gasteiger partial charge in [0, 0.05) is 46.4 Å². The summed E-state index contributed by atoms with van der Waals surface area (Å²) in [7, 11) is 1.60. The van der Waals surface area contributed by atoms with Gasteiger partial charge in [0.2, 0.25) is 5.91 Å². The van der Waals surface area contributed by atoms with Crippen LogP contribution >= 0.6 is 24.0 Å². The number of guanidine groups is 1. The van der Waals surface area contributed by atoms with Gasteiger partial charge in [-0.2, -0.15) is 0 Å². The van der Waals surface area contributed by atoms with Crippen molar-refractivity contribution < 1.29 is 19.0 Å². The maximum absolute atomic E-state index is 13.5. The molecule has 0 saturated carbocycles. The first-order valence-electron chi connectivity index (χ1n) is 9.52. The number of amides is 1. The van der Waals surface area contributed by atoms with Crippen molar-refractivity contribution in [2.75, 3.05) is 59.5 Å². The average molecular weight is 523 g/mol. The third-order valence-electron chi connectivity index (χ3n) is 4.43. The lowest BCUT2D eigenvalue weighted by Crippen LogP contribution is -2.54. The molecule has 0 bridgehead atoms. The number of phenolic OH excluding ortho intramolecular Hbond substituents is 1. The van der Waals surface area contributed by atoms with E-state index in [9.17, 15) is 14.3 Å². The number of benzene rings is 1. The summed E-state index contributed by atoms with van der Waals surface area (Å²) in [5, 5.41) is 15.4. The lowest BCUT2D eigenvalue weighted by molar-refractivity contribution is -0.122. The molecule has 3 N–H and O–H groups in total. The van der Waals surface area contributed by atoms with E-state index in [2.05, 4.69) is 25.4 Å². The number of carbonyl (C=O) groups excluding carboxylic acids is 1. The topological polar surface area (TPSA) is 89.4 Å². The maximum Gasteiger partial charge on any atom is 0.234 e. The molecule has 10 heteroatoms. The molecule has 29 heavy (non-hydrogen) atoms. The maximum atomic E-state index is 13.5. The van der Waals surface area contributed by atoms with E-state index in [4.69, 9.17) is 4.74 Å². The third-order valence-corrected chi connectivity index (χ3v) is 4.43. The summed E-state index contributed by atoms with van der Waals surface area (Å²) >= 11 is 0. The number of hydrogen-bond acceptors (Lipinski definition) is 5. The molecule has 0 spiro atoms. The Kier molecular flexibility index (Phi) is 11.9. The Labute approximate surface area is 188 Å². The van der Waals surface area contributed by atoms with Crippen LogP contribution in [0.25, 0.3) is 0 Å². The first kappa shape index (κ1) is 25.4. The Bertz CT molecular complexity index is 669. The number of piperazine rings is 1. The van der Waals surface area contributed by atoms with Gasteiger partial charge in [0.05, 0.1) is 19.7 Å². The molecule has 1 aromatic carbocycles. The summed E-state index contributed by atoms with van der Waals surface area (Å²) < 4.78 is 18.4. The molecule has 0 aliphatic carbocycles. The van der Waals surface area contributed by atoms with Crippen LogP contribution in [0.1, 0.15) is 12.5 Å². The molecule has 1 saturated heterocycles. The number of methoxy groups -OCH3 is 1. The van der Waals surface area contributed by atoms with E-state index in [0.717, 1.165) is 38.7 Å². The predicted molar refractivity (Wildman–Crippen MR) is 121 cm³/mol. The van der Waals surface area contributed by atoms with Crippen LogP contribution in [0.4, 0.5) is 4.39 Å². The number of nitrogens with zero attached hydrogens (tertiary/aromatic N) is 3. The Hall–Kier alpha value is -1.66. The Morgan fingerprint density at radius 3 is 2.62 bits per heavy atom. The zero-order valence-electron chi connectivity index (χ0n) is 17.0. The first-order valence-corrected chi connectivity index (χ1v) is 9.52. The van der Waals surface area contributed by atoms with Crippen molar-refractivity contribution in [1.29, 1.82) is 0 Å². The van der Waals surface area contributed by atoms with Crippen LogP contribution in [-0.4, -0.2) is 86.3 Å². The molecule has 0 aromatic heterocycles. The number of aliphatic imine (C=N–C) groups is 1. The van der Waals surface area contributed by atoms with Gasteiger partial charge in [0.25, 0.3) is 0 Å². The predicted octanol–water partition coefficient (Wildman–Crippen LogP) is 0.995. The average Bonchev–Trinajstić information content (AvgIpc) is 2.68. The van der Waals surface area contributed by atoms with Gasteiger partial charge in [-0.3, -0.25) is 9.69 Å². The molecule has 2 rings (SSSR count). The van der Waals surface area contributed by atoms with Crippen LogP contribution < -0.4 is 10.6 Å². The van der Waals surface area contributed by atoms with Crippen molar-refractivity contribution in [1.82, 2.24) is 20.4 Å². The highest BCUT2D eigenvalue weighted by Crippen LogP contribution is 2.16. The van der Waals surface area contributed by atoms with Crippen molar-refractivity contribution in [3.8, 4) is 5.75 Å². The standard InChI is InChI=1S/C19H30FN5O3.HI/c1-3-21-19(23-13-15-4-5-17(26)16(20)12-15)25-9-7-24(8-10-25)14-18(27)22-6-11-28-2;/h4-5,12,26H,3,6-11,13-14H2,1-2H3,(H,21,23)(H,22,27);1H. The molecule has 164 valence electrons. The number of phenols is 1. The van der Waals surface area contributed by atoms with Gasteiger partial charge in [-0.15, -0.1) is 24.0 Å². The quantitative estimate of drug-likeness (QED) is 0.204. The molecular formula is C19H31FIN5O3. The lowest BCUT2D eigenvalue weighted by atomic mass is 10.2. The van der Waals surface area contributed by atoms with E-state index in [1.165, 1.54) is 12.1 Å². The summed E-state index contributed by atoms with van der Waals surface area (Å²) in [4.78, 5) is 20.7. The summed E-state index contributed by atoms with van der Waals surface area (Å²) in [6.45, 7) is 7.46. The van der Waals surface area contributed by atoms with E-state index >= 15 is 0 Å². The zero-order valence-corrected chi connectivity index (χ0v) is 19.3. The highest BCUT2D eigenvalue weighted by atomic mass is 127. The van der Waals surface area contributed by atoms with Gasteiger partial charge < -0.3 is 25.4 Å². The van der Waals surface area contributed by atoms with Crippen LogP contribution in [0.5, 0.6) is 5.75 Å². The van der Waals surface area contributed by atoms with E-state index in [1.807, 2.05) is 6.92 Å². The SMILES string of the molecule is CCNC(=NCc1ccc(O)c(F)c1)N1CCN(CC(=O)NCCOC)CC1.I. The molecule has 1 aliphatic rings. The Morgan fingerprint density at radius 1 is 1.28 bits per heavy atom. The number of nitrogens with one attached hydrogen (secondary N) is 2. The van der Waals surface area contributed by atoms with Crippen molar-refractivity contribution in [2.24, 2.45) is 4.99 Å². The molecule has 0 atom stereocenters. The van der Waals surface area contributed by atoms with Crippen LogP contribution in [-0.2, 0) is 16.1 Å². The fourth-order valence-corrected chi connectivity index (χ4v) is 2.91. The van der Waals surface area contributed by atoms with Gasteiger partial charge in [-0.25, -0.2) is 9.38 Å². The van der Waals surface area contributed by atoms with Gasteiger partial charge in [0.1, 0.15) is 0 Å². The third kappa shape index (κ3) is 8.70. The second-order valence-electron chi connectivity index (χ2n) is 6.56. The molecule has 8 nitrogen and oxygen atoms in total. The Morgan fingerprint density at radius 2 is 2.00 bits per heavy atom. The molecular weight excluding hydrogens is 492 g/mol. The molecule has 1 aliphatic heterocycles. The van der Waals surface area contributed by atoms with Crippen molar-refractivity contribution >= 4 is 35.8 Å². The van der Waals surface area contributed by atoms with Crippen LogP contribution in [0.2, 0.25) is 0 Å². The van der Waals surface area contributed by atoms with Gasteiger partial charge in [-0.1, -0.05) is 6.07 Å². The monoisotopic (exact) mass is 523 g/mol. The molecule has 1 heterocycles. The van der Waals surface area contributed by atoms with Crippen LogP contribution in [0, 0.1) is 5.82 Å². The lowest BCUT2D eigenvalue weighted by Gasteiger charge is -2.36. The minimum Gasteiger partial charge on any atom is -0.505 e. The van der Waals surface area contributed by atoms with E-state index < -0.39 is 5.82 Å². The second-order valence-corrected chi connectivity index (χ2v) is 6.56. The number of carbonyl (C=O) groups is 1. The normalized spacial score (nSPS) is 15.0. The second kappa shape index (κ2) is 13.5. The van der Waals surface area contributed by atoms with Gasteiger partial charge in [-0.05, 0) is 24.6 Å². The van der Waals surface area contributed by atoms with Crippen LogP contribution in [0.15, 0.2) is 23.2 Å². The van der Waals surface area contributed by atoms with Gasteiger partial charge in [0.15, 0.2) is 17.5 Å². The smallest absolute Gasteiger partial charge is 0.234 e. The van der Waals surface area contributed by atoms with Crippen molar-refractivity contribution in [3.05, 3.63) is 29.6 Å². The number of ether oxygens (including phenoxy) is 1. The molecule has 0 unspecified atom stereocenters. The number of aromatic hydroxyl groups is 1. The van der Waals surface area contributed by atoms with Crippen molar-refractivity contribution in [2.45, 2.75) is 13.5 Å². The zero-order chi connectivity index (χ0) is 20.4. The van der Waals surface area contributed by atoms with E-state index in [1.54, 1.807) is 13.2 Å². The highest BCUT2D eigenvalue weighted by molar-refractivity contribution is 14.0. The summed E-state index contributed by atoms with van der Waals surface area (Å²) in [6.07, 6.45) is 0. The first-order chi connectivity index (χ1) is 13.5. The molecule has 1 aromatic rings. The fourth-order valence-electron chi connectivity index (χ4n) is 2.91. The number of halogens is 2. The molecule has 1 amide bonds. The molecule has 1 fully saturated rings. The fraction of sp³-hybridized carbons (Fsp3) is 0.579. The summed E-state index contributed by atoms with van der Waals surface area (Å²) in [5.41, 5.74) is 0.692. The molecule has 0 radical (unpaired) electrons.